The maximum atomic E-state index is 10.2. The zero-order chi connectivity index (χ0) is 11.7. The maximum Gasteiger partial charge on any atom is 0.106 e. The standard InChI is InChI=1S/C11H7Br2IOS/c12-9-5-8(11(13)16-9)10(15)6-1-3-7(14)4-2-6/h1-5,10,15H. The molecule has 1 aromatic heterocycles. The van der Waals surface area contributed by atoms with Gasteiger partial charge in [-0.25, -0.2) is 0 Å². The molecule has 5 heteroatoms. The smallest absolute Gasteiger partial charge is 0.106 e. The van der Waals surface area contributed by atoms with E-state index in [1.807, 2.05) is 30.3 Å². The Morgan fingerprint density at radius 2 is 1.81 bits per heavy atom. The van der Waals surface area contributed by atoms with Crippen LogP contribution in [0.1, 0.15) is 17.2 Å². The Hall–Kier alpha value is 0.570. The number of halogens is 3. The second-order valence-electron chi connectivity index (χ2n) is 3.23. The average molecular weight is 474 g/mol. The molecule has 0 aliphatic rings. The van der Waals surface area contributed by atoms with E-state index in [0.29, 0.717) is 0 Å². The van der Waals surface area contributed by atoms with Crippen molar-refractivity contribution < 1.29 is 5.11 Å². The largest absolute Gasteiger partial charge is 0.384 e. The van der Waals surface area contributed by atoms with Crippen LogP contribution >= 0.6 is 65.8 Å². The molecule has 0 spiro atoms. The Morgan fingerprint density at radius 3 is 2.31 bits per heavy atom. The lowest BCUT2D eigenvalue weighted by molar-refractivity contribution is 0.220. The van der Waals surface area contributed by atoms with Crippen molar-refractivity contribution in [3.05, 3.63) is 52.6 Å². The van der Waals surface area contributed by atoms with Crippen LogP contribution in [0.5, 0.6) is 0 Å². The molecule has 0 fully saturated rings. The first kappa shape index (κ1) is 13.0. The molecular weight excluding hydrogens is 467 g/mol. The normalized spacial score (nSPS) is 12.8. The van der Waals surface area contributed by atoms with Gasteiger partial charge in [0, 0.05) is 9.13 Å². The third-order valence-electron chi connectivity index (χ3n) is 2.16. The lowest BCUT2D eigenvalue weighted by Gasteiger charge is -2.10. The number of aliphatic hydroxyl groups is 1. The van der Waals surface area contributed by atoms with Gasteiger partial charge < -0.3 is 5.11 Å². The zero-order valence-electron chi connectivity index (χ0n) is 7.95. The summed E-state index contributed by atoms with van der Waals surface area (Å²) in [6, 6.07) is 9.83. The molecule has 0 amide bonds. The second kappa shape index (κ2) is 5.48. The van der Waals surface area contributed by atoms with E-state index >= 15 is 0 Å². The first-order chi connectivity index (χ1) is 7.58. The predicted octanol–water partition coefficient (Wildman–Crippen LogP) is 4.96. The number of benzene rings is 1. The highest BCUT2D eigenvalue weighted by molar-refractivity contribution is 14.1. The Bertz CT molecular complexity index is 495. The van der Waals surface area contributed by atoms with Crippen LogP contribution in [0.25, 0.3) is 0 Å². The fourth-order valence-corrected chi connectivity index (χ4v) is 4.61. The summed E-state index contributed by atoms with van der Waals surface area (Å²) in [6.07, 6.45) is -0.575. The SMILES string of the molecule is OC(c1ccc(I)cc1)c1cc(Br)sc1Br. The van der Waals surface area contributed by atoms with Crippen molar-refractivity contribution in [2.24, 2.45) is 0 Å². The van der Waals surface area contributed by atoms with E-state index in [1.54, 1.807) is 11.3 Å². The molecule has 1 N–H and O–H groups in total. The van der Waals surface area contributed by atoms with E-state index in [2.05, 4.69) is 54.5 Å². The Labute approximate surface area is 128 Å². The fourth-order valence-electron chi connectivity index (χ4n) is 1.36. The number of thiophene rings is 1. The van der Waals surface area contributed by atoms with E-state index in [-0.39, 0.29) is 0 Å². The lowest BCUT2D eigenvalue weighted by Crippen LogP contribution is -1.98. The Morgan fingerprint density at radius 1 is 1.19 bits per heavy atom. The molecule has 2 aromatic rings. The molecule has 1 atom stereocenters. The lowest BCUT2D eigenvalue weighted by atomic mass is 10.1. The van der Waals surface area contributed by atoms with Crippen molar-refractivity contribution in [3.8, 4) is 0 Å². The van der Waals surface area contributed by atoms with Gasteiger partial charge in [-0.3, -0.25) is 0 Å². The first-order valence-electron chi connectivity index (χ1n) is 4.46. The first-order valence-corrected chi connectivity index (χ1v) is 7.94. The van der Waals surface area contributed by atoms with Gasteiger partial charge in [-0.2, -0.15) is 0 Å². The van der Waals surface area contributed by atoms with Gasteiger partial charge in [0.25, 0.3) is 0 Å². The summed E-state index contributed by atoms with van der Waals surface area (Å²) in [5.74, 6) is 0. The fraction of sp³-hybridized carbons (Fsp3) is 0.0909. The van der Waals surface area contributed by atoms with Gasteiger partial charge in [0.15, 0.2) is 0 Å². The second-order valence-corrected chi connectivity index (χ2v) is 8.23. The molecule has 0 bridgehead atoms. The molecule has 0 saturated heterocycles. The van der Waals surface area contributed by atoms with Crippen LogP contribution in [0.2, 0.25) is 0 Å². The van der Waals surface area contributed by atoms with Crippen molar-refractivity contribution >= 4 is 65.8 Å². The molecule has 0 aliphatic heterocycles. The van der Waals surface area contributed by atoms with E-state index in [4.69, 9.17) is 0 Å². The van der Waals surface area contributed by atoms with Gasteiger partial charge in [0.05, 0.1) is 7.57 Å². The zero-order valence-corrected chi connectivity index (χ0v) is 14.1. The minimum atomic E-state index is -0.575. The van der Waals surface area contributed by atoms with E-state index in [0.717, 1.165) is 18.7 Å². The molecule has 2 rings (SSSR count). The van der Waals surface area contributed by atoms with Gasteiger partial charge in [-0.1, -0.05) is 12.1 Å². The number of rotatable bonds is 2. The van der Waals surface area contributed by atoms with Crippen molar-refractivity contribution in [3.63, 3.8) is 0 Å². The summed E-state index contributed by atoms with van der Waals surface area (Å²) in [6.45, 7) is 0. The summed E-state index contributed by atoms with van der Waals surface area (Å²) >= 11 is 10.7. The summed E-state index contributed by atoms with van der Waals surface area (Å²) in [5.41, 5.74) is 1.81. The van der Waals surface area contributed by atoms with Crippen LogP contribution in [-0.2, 0) is 0 Å². The van der Waals surface area contributed by atoms with E-state index in [9.17, 15) is 5.11 Å². The van der Waals surface area contributed by atoms with Gasteiger partial charge >= 0.3 is 0 Å². The van der Waals surface area contributed by atoms with Crippen LogP contribution < -0.4 is 0 Å². The summed E-state index contributed by atoms with van der Waals surface area (Å²) in [4.78, 5) is 0. The molecule has 1 aromatic carbocycles. The van der Waals surface area contributed by atoms with Gasteiger partial charge in [-0.15, -0.1) is 11.3 Å². The average Bonchev–Trinajstić information content (AvgIpc) is 2.58. The maximum absolute atomic E-state index is 10.2. The van der Waals surface area contributed by atoms with Crippen LogP contribution in [0.15, 0.2) is 37.9 Å². The third-order valence-corrected chi connectivity index (χ3v) is 5.27. The molecule has 1 unspecified atom stereocenters. The monoisotopic (exact) mass is 472 g/mol. The molecule has 1 heterocycles. The molecule has 0 radical (unpaired) electrons. The van der Waals surface area contributed by atoms with Crippen molar-refractivity contribution in [1.29, 1.82) is 0 Å². The molecular formula is C11H7Br2IOS. The van der Waals surface area contributed by atoms with Crippen LogP contribution in [0.3, 0.4) is 0 Å². The minimum absolute atomic E-state index is 0.575. The van der Waals surface area contributed by atoms with Crippen LogP contribution in [0, 0.1) is 3.57 Å². The van der Waals surface area contributed by atoms with Crippen LogP contribution in [-0.4, -0.2) is 5.11 Å². The van der Waals surface area contributed by atoms with Crippen molar-refractivity contribution in [1.82, 2.24) is 0 Å². The highest BCUT2D eigenvalue weighted by Gasteiger charge is 2.16. The number of hydrogen-bond donors (Lipinski definition) is 1. The van der Waals surface area contributed by atoms with Gasteiger partial charge in [0.2, 0.25) is 0 Å². The molecule has 0 saturated carbocycles. The quantitative estimate of drug-likeness (QED) is 0.611. The summed E-state index contributed by atoms with van der Waals surface area (Å²) in [7, 11) is 0. The van der Waals surface area contributed by atoms with Crippen molar-refractivity contribution in [2.45, 2.75) is 6.10 Å². The van der Waals surface area contributed by atoms with E-state index in [1.165, 1.54) is 3.57 Å². The molecule has 1 nitrogen and oxygen atoms in total. The van der Waals surface area contributed by atoms with Gasteiger partial charge in [-0.05, 0) is 78.2 Å². The minimum Gasteiger partial charge on any atom is -0.384 e. The molecule has 84 valence electrons. The highest BCUT2D eigenvalue weighted by atomic mass is 127. The Kier molecular flexibility index (Phi) is 4.45. The van der Waals surface area contributed by atoms with E-state index < -0.39 is 6.10 Å². The Balaban J connectivity index is 2.35. The predicted molar refractivity (Wildman–Crippen MR) is 82.9 cm³/mol. The van der Waals surface area contributed by atoms with Crippen LogP contribution in [0.4, 0.5) is 0 Å². The number of aliphatic hydroxyl groups excluding tert-OH is 1. The highest BCUT2D eigenvalue weighted by Crippen LogP contribution is 2.37. The molecule has 16 heavy (non-hydrogen) atoms. The van der Waals surface area contributed by atoms with Crippen molar-refractivity contribution in [2.75, 3.05) is 0 Å². The third kappa shape index (κ3) is 2.87. The molecule has 0 aliphatic carbocycles. The number of hydrogen-bond acceptors (Lipinski definition) is 2. The summed E-state index contributed by atoms with van der Waals surface area (Å²) in [5, 5.41) is 10.2. The topological polar surface area (TPSA) is 20.2 Å². The van der Waals surface area contributed by atoms with Gasteiger partial charge in [0.1, 0.15) is 6.10 Å². The summed E-state index contributed by atoms with van der Waals surface area (Å²) < 4.78 is 3.14.